The van der Waals surface area contributed by atoms with Crippen molar-refractivity contribution < 1.29 is 33.4 Å². The Hall–Kier alpha value is -4.46. The minimum Gasteiger partial charge on any atom is -0.508 e. The Morgan fingerprint density at radius 1 is 1.09 bits per heavy atom. The third kappa shape index (κ3) is 3.41. The van der Waals surface area contributed by atoms with E-state index in [0.717, 1.165) is 0 Å². The summed E-state index contributed by atoms with van der Waals surface area (Å²) in [5, 5.41) is 21.1. The zero-order chi connectivity index (χ0) is 23.1. The first-order valence-corrected chi connectivity index (χ1v) is 10.1. The summed E-state index contributed by atoms with van der Waals surface area (Å²) in [4.78, 5) is 27.9. The Morgan fingerprint density at radius 3 is 2.58 bits per heavy atom. The quantitative estimate of drug-likeness (QED) is 0.420. The number of methoxy groups -OCH3 is 1. The summed E-state index contributed by atoms with van der Waals surface area (Å²) in [5.74, 6) is -1.04. The highest BCUT2D eigenvalue weighted by Crippen LogP contribution is 2.41. The lowest BCUT2D eigenvalue weighted by Gasteiger charge is -2.25. The molecule has 4 aromatic rings. The summed E-state index contributed by atoms with van der Waals surface area (Å²) in [7, 11) is 1.50. The van der Waals surface area contributed by atoms with Crippen LogP contribution < -0.4 is 4.74 Å². The number of para-hydroxylation sites is 1. The fourth-order valence-corrected chi connectivity index (χ4v) is 4.06. The molecule has 1 amide bonds. The topological polar surface area (TPSA) is 113 Å². The number of rotatable bonds is 6. The summed E-state index contributed by atoms with van der Waals surface area (Å²) in [6.45, 7) is 0.0339. The summed E-state index contributed by atoms with van der Waals surface area (Å²) >= 11 is 0. The normalized spacial score (nSPS) is 16.1. The first kappa shape index (κ1) is 20.4. The lowest BCUT2D eigenvalue weighted by atomic mass is 9.95. The lowest BCUT2D eigenvalue weighted by molar-refractivity contribution is -0.130. The van der Waals surface area contributed by atoms with E-state index in [-0.39, 0.29) is 23.6 Å². The van der Waals surface area contributed by atoms with Crippen molar-refractivity contribution in [1.29, 1.82) is 0 Å². The molecule has 1 aliphatic heterocycles. The van der Waals surface area contributed by atoms with Gasteiger partial charge in [0.05, 0.1) is 31.5 Å². The number of benzene rings is 2. The van der Waals surface area contributed by atoms with Crippen LogP contribution in [0.15, 0.2) is 87.1 Å². The Kier molecular flexibility index (Phi) is 4.90. The highest BCUT2D eigenvalue weighted by Gasteiger charge is 2.45. The summed E-state index contributed by atoms with van der Waals surface area (Å²) < 4.78 is 16.5. The number of furan rings is 2. The zero-order valence-electron chi connectivity index (χ0n) is 17.5. The molecular weight excluding hydrogens is 426 g/mol. The number of nitrogens with zero attached hydrogens (tertiary/aromatic N) is 1. The van der Waals surface area contributed by atoms with Gasteiger partial charge in [-0.15, -0.1) is 0 Å². The van der Waals surface area contributed by atoms with Gasteiger partial charge in [0, 0.05) is 5.39 Å². The van der Waals surface area contributed by atoms with Gasteiger partial charge in [0.2, 0.25) is 5.78 Å². The maximum Gasteiger partial charge on any atom is 0.290 e. The van der Waals surface area contributed by atoms with Crippen LogP contribution in [-0.2, 0) is 11.3 Å². The van der Waals surface area contributed by atoms with Gasteiger partial charge in [-0.2, -0.15) is 0 Å². The van der Waals surface area contributed by atoms with Gasteiger partial charge in [-0.1, -0.05) is 24.3 Å². The fraction of sp³-hybridized carbons (Fsp3) is 0.120. The minimum absolute atomic E-state index is 0.0334. The lowest BCUT2D eigenvalue weighted by Crippen LogP contribution is -2.30. The molecule has 5 rings (SSSR count). The average Bonchev–Trinajstić information content (AvgIpc) is 3.54. The number of Topliss-reactive ketones (excluding diaryl/α,β-unsaturated/α-hetero) is 1. The van der Waals surface area contributed by atoms with Crippen molar-refractivity contribution >= 4 is 22.7 Å². The second-order valence-corrected chi connectivity index (χ2v) is 7.59. The number of ether oxygens (including phenoxy) is 1. The molecule has 0 aliphatic carbocycles. The van der Waals surface area contributed by atoms with Gasteiger partial charge in [0.1, 0.15) is 11.5 Å². The van der Waals surface area contributed by atoms with E-state index in [2.05, 4.69) is 0 Å². The third-order valence-electron chi connectivity index (χ3n) is 5.62. The van der Waals surface area contributed by atoms with Crippen molar-refractivity contribution in [3.63, 3.8) is 0 Å². The monoisotopic (exact) mass is 445 g/mol. The van der Waals surface area contributed by atoms with Gasteiger partial charge in [-0.05, 0) is 42.0 Å². The molecule has 0 saturated heterocycles. The SMILES string of the molecule is COc1cccc2cc(C(=O)C3=C(O)C(=O)N(Cc4ccco4)C3c3ccc(O)cc3)oc12. The van der Waals surface area contributed by atoms with Crippen LogP contribution >= 0.6 is 0 Å². The van der Waals surface area contributed by atoms with Crippen LogP contribution in [-0.4, -0.2) is 33.9 Å². The second-order valence-electron chi connectivity index (χ2n) is 7.59. The molecule has 8 nitrogen and oxygen atoms in total. The van der Waals surface area contributed by atoms with Gasteiger partial charge in [0.15, 0.2) is 22.9 Å². The molecule has 0 saturated carbocycles. The van der Waals surface area contributed by atoms with Gasteiger partial charge in [-0.3, -0.25) is 9.59 Å². The smallest absolute Gasteiger partial charge is 0.290 e. The van der Waals surface area contributed by atoms with Crippen LogP contribution in [0.25, 0.3) is 11.0 Å². The molecule has 166 valence electrons. The predicted octanol–water partition coefficient (Wildman–Crippen LogP) is 4.52. The molecule has 33 heavy (non-hydrogen) atoms. The first-order valence-electron chi connectivity index (χ1n) is 10.1. The van der Waals surface area contributed by atoms with Gasteiger partial charge in [-0.25, -0.2) is 0 Å². The number of aromatic hydroxyl groups is 1. The predicted molar refractivity (Wildman–Crippen MR) is 117 cm³/mol. The van der Waals surface area contributed by atoms with Crippen LogP contribution in [0.3, 0.4) is 0 Å². The number of carbonyl (C=O) groups excluding carboxylic acids is 2. The van der Waals surface area contributed by atoms with Crippen molar-refractivity contribution in [2.75, 3.05) is 7.11 Å². The molecule has 0 fully saturated rings. The van der Waals surface area contributed by atoms with Crippen molar-refractivity contribution in [1.82, 2.24) is 4.90 Å². The number of hydrogen-bond acceptors (Lipinski definition) is 7. The van der Waals surface area contributed by atoms with E-state index in [4.69, 9.17) is 13.6 Å². The molecule has 1 atom stereocenters. The minimum atomic E-state index is -0.911. The number of carbonyl (C=O) groups is 2. The third-order valence-corrected chi connectivity index (χ3v) is 5.62. The van der Waals surface area contributed by atoms with Crippen LogP contribution in [0, 0.1) is 0 Å². The van der Waals surface area contributed by atoms with E-state index < -0.39 is 23.5 Å². The largest absolute Gasteiger partial charge is 0.508 e. The van der Waals surface area contributed by atoms with E-state index >= 15 is 0 Å². The van der Waals surface area contributed by atoms with Crippen molar-refractivity contribution in [3.05, 3.63) is 95.3 Å². The number of fused-ring (bicyclic) bond motifs is 1. The number of ketones is 1. The van der Waals surface area contributed by atoms with E-state index in [1.54, 1.807) is 48.5 Å². The first-order chi connectivity index (χ1) is 16.0. The fourth-order valence-electron chi connectivity index (χ4n) is 4.06. The van der Waals surface area contributed by atoms with Gasteiger partial charge < -0.3 is 28.7 Å². The molecule has 0 bridgehead atoms. The van der Waals surface area contributed by atoms with Crippen LogP contribution in [0.1, 0.15) is 27.9 Å². The van der Waals surface area contributed by atoms with E-state index in [0.29, 0.717) is 28.0 Å². The number of amides is 1. The van der Waals surface area contributed by atoms with E-state index in [1.165, 1.54) is 30.4 Å². The van der Waals surface area contributed by atoms with Crippen molar-refractivity contribution in [2.45, 2.75) is 12.6 Å². The molecule has 0 spiro atoms. The molecule has 2 N–H and O–H groups in total. The molecule has 1 unspecified atom stereocenters. The highest BCUT2D eigenvalue weighted by atomic mass is 16.5. The Balaban J connectivity index is 1.61. The molecule has 1 aliphatic rings. The molecule has 3 heterocycles. The summed E-state index contributed by atoms with van der Waals surface area (Å²) in [6, 6.07) is 15.4. The summed E-state index contributed by atoms with van der Waals surface area (Å²) in [5.41, 5.74) is 0.811. The van der Waals surface area contributed by atoms with Crippen molar-refractivity contribution in [2.24, 2.45) is 0 Å². The maximum atomic E-state index is 13.6. The molecule has 2 aromatic heterocycles. The van der Waals surface area contributed by atoms with Crippen LogP contribution in [0.5, 0.6) is 11.5 Å². The maximum absolute atomic E-state index is 13.6. The zero-order valence-corrected chi connectivity index (χ0v) is 17.5. The van der Waals surface area contributed by atoms with E-state index in [1.807, 2.05) is 0 Å². The Bertz CT molecular complexity index is 1380. The number of aliphatic hydroxyl groups is 1. The van der Waals surface area contributed by atoms with Gasteiger partial charge >= 0.3 is 0 Å². The number of hydrogen-bond donors (Lipinski definition) is 2. The Morgan fingerprint density at radius 2 is 1.88 bits per heavy atom. The molecule has 8 heteroatoms. The summed E-state index contributed by atoms with van der Waals surface area (Å²) in [6.07, 6.45) is 1.48. The number of phenols is 1. The van der Waals surface area contributed by atoms with E-state index in [9.17, 15) is 19.8 Å². The van der Waals surface area contributed by atoms with Crippen LogP contribution in [0.4, 0.5) is 0 Å². The van der Waals surface area contributed by atoms with Crippen LogP contribution in [0.2, 0.25) is 0 Å². The molecule has 2 aromatic carbocycles. The number of phenolic OH excluding ortho intramolecular Hbond substituents is 1. The second kappa shape index (κ2) is 7.90. The van der Waals surface area contributed by atoms with Gasteiger partial charge in [0.25, 0.3) is 5.91 Å². The molecular formula is C25H19NO7. The standard InChI is InChI=1S/C25H19NO7/c1-31-18-6-2-4-15-12-19(33-24(15)18)22(28)20-21(14-7-9-16(27)10-8-14)26(25(30)23(20)29)13-17-5-3-11-32-17/h2-12,21,27,29H,13H2,1H3. The average molecular weight is 445 g/mol. The molecule has 0 radical (unpaired) electrons. The Labute approximate surface area is 187 Å². The van der Waals surface area contributed by atoms with Crippen molar-refractivity contribution in [3.8, 4) is 11.5 Å². The number of aliphatic hydroxyl groups excluding tert-OH is 1. The highest BCUT2D eigenvalue weighted by molar-refractivity contribution is 6.16.